The van der Waals surface area contributed by atoms with Gasteiger partial charge in [0.05, 0.1) is 0 Å². The van der Waals surface area contributed by atoms with Gasteiger partial charge < -0.3 is 0 Å². The van der Waals surface area contributed by atoms with Crippen LogP contribution in [0, 0.1) is 0 Å². The second-order valence-corrected chi connectivity index (χ2v) is 9.42. The average Bonchev–Trinajstić information content (AvgIpc) is 2.86. The maximum absolute atomic E-state index is 12.5. The molecule has 0 bridgehead atoms. The summed E-state index contributed by atoms with van der Waals surface area (Å²) in [5.41, 5.74) is 8.10. The predicted molar refractivity (Wildman–Crippen MR) is 139 cm³/mol. The summed E-state index contributed by atoms with van der Waals surface area (Å²) < 4.78 is 0. The first-order chi connectivity index (χ1) is 15.9. The number of carbonyl (C=O) groups excluding carboxylic acids is 1. The lowest BCUT2D eigenvalue weighted by molar-refractivity contribution is 0.0993. The van der Waals surface area contributed by atoms with E-state index < -0.39 is 0 Å². The largest absolute Gasteiger partial charge is 0.294 e. The summed E-state index contributed by atoms with van der Waals surface area (Å²) in [7, 11) is 0. The lowest BCUT2D eigenvalue weighted by Gasteiger charge is -2.26. The van der Waals surface area contributed by atoms with Gasteiger partial charge in [0.1, 0.15) is 0 Å². The van der Waals surface area contributed by atoms with Crippen LogP contribution >= 0.6 is 0 Å². The molecule has 0 unspecified atom stereocenters. The highest BCUT2D eigenvalue weighted by Gasteiger charge is 2.23. The zero-order valence-electron chi connectivity index (χ0n) is 19.7. The number of rotatable bonds is 8. The standard InChI is InChI=1S/C32H32O/c1-24(27-10-6-4-7-11-27)22-25-14-18-29(19-15-25)32(2,3)30-20-16-26(17-21-30)23-31(33)28-12-8-5-9-13-28/h4-6,8-10,12-21H,1,7,11,22-23H2,2-3H3. The molecule has 0 saturated carbocycles. The van der Waals surface area contributed by atoms with Crippen LogP contribution in [0.2, 0.25) is 0 Å². The summed E-state index contributed by atoms with van der Waals surface area (Å²) in [6.07, 6.45) is 10.1. The predicted octanol–water partition coefficient (Wildman–Crippen LogP) is 7.81. The molecule has 33 heavy (non-hydrogen) atoms. The first-order valence-corrected chi connectivity index (χ1v) is 11.7. The Morgan fingerprint density at radius 3 is 1.94 bits per heavy atom. The van der Waals surface area contributed by atoms with Crippen LogP contribution in [0.4, 0.5) is 0 Å². The molecule has 3 aromatic rings. The summed E-state index contributed by atoms with van der Waals surface area (Å²) in [5.74, 6) is 0.153. The molecular weight excluding hydrogens is 400 g/mol. The van der Waals surface area contributed by atoms with Gasteiger partial charge in [-0.2, -0.15) is 0 Å². The zero-order chi connectivity index (χ0) is 23.3. The third kappa shape index (κ3) is 5.49. The van der Waals surface area contributed by atoms with E-state index in [0.29, 0.717) is 6.42 Å². The van der Waals surface area contributed by atoms with Gasteiger partial charge in [0, 0.05) is 17.4 Å². The quantitative estimate of drug-likeness (QED) is 0.332. The minimum atomic E-state index is -0.117. The Balaban J connectivity index is 1.43. The fraction of sp³-hybridized carbons (Fsp3) is 0.219. The molecule has 1 aliphatic carbocycles. The Labute approximate surface area is 198 Å². The van der Waals surface area contributed by atoms with Crippen LogP contribution in [0.5, 0.6) is 0 Å². The van der Waals surface area contributed by atoms with Gasteiger partial charge in [0.2, 0.25) is 0 Å². The third-order valence-corrected chi connectivity index (χ3v) is 6.70. The maximum atomic E-state index is 12.5. The molecule has 1 heteroatoms. The Morgan fingerprint density at radius 2 is 1.39 bits per heavy atom. The van der Waals surface area contributed by atoms with Crippen molar-refractivity contribution in [1.29, 1.82) is 0 Å². The van der Waals surface area contributed by atoms with Gasteiger partial charge in [0.15, 0.2) is 5.78 Å². The summed E-state index contributed by atoms with van der Waals surface area (Å²) >= 11 is 0. The van der Waals surface area contributed by atoms with Crippen LogP contribution in [0.1, 0.15) is 59.3 Å². The molecule has 166 valence electrons. The summed E-state index contributed by atoms with van der Waals surface area (Å²) in [4.78, 5) is 12.5. The van der Waals surface area contributed by atoms with E-state index >= 15 is 0 Å². The Bertz CT molecular complexity index is 1170. The minimum absolute atomic E-state index is 0.117. The highest BCUT2D eigenvalue weighted by Crippen LogP contribution is 2.32. The number of allylic oxidation sites excluding steroid dienone is 5. The van der Waals surface area contributed by atoms with Crippen molar-refractivity contribution < 1.29 is 4.79 Å². The molecule has 0 N–H and O–H groups in total. The fourth-order valence-corrected chi connectivity index (χ4v) is 4.41. The number of Topliss-reactive ketones (excluding diaryl/α,β-unsaturated/α-hetero) is 1. The smallest absolute Gasteiger partial charge is 0.167 e. The van der Waals surface area contributed by atoms with Gasteiger partial charge in [-0.15, -0.1) is 0 Å². The Morgan fingerprint density at radius 1 is 0.818 bits per heavy atom. The van der Waals surface area contributed by atoms with Crippen molar-refractivity contribution >= 4 is 5.78 Å². The molecule has 0 saturated heterocycles. The number of carbonyl (C=O) groups is 1. The van der Waals surface area contributed by atoms with Gasteiger partial charge in [-0.1, -0.05) is 118 Å². The molecule has 0 atom stereocenters. The number of hydrogen-bond donors (Lipinski definition) is 0. The molecule has 0 aromatic heterocycles. The lowest BCUT2D eigenvalue weighted by Crippen LogP contribution is -2.19. The van der Waals surface area contributed by atoms with Gasteiger partial charge in [-0.05, 0) is 52.7 Å². The number of ketones is 1. The molecule has 0 heterocycles. The van der Waals surface area contributed by atoms with Crippen LogP contribution in [0.25, 0.3) is 0 Å². The monoisotopic (exact) mass is 432 g/mol. The number of benzene rings is 3. The topological polar surface area (TPSA) is 17.1 Å². The number of hydrogen-bond acceptors (Lipinski definition) is 1. The lowest BCUT2D eigenvalue weighted by atomic mass is 9.77. The van der Waals surface area contributed by atoms with Crippen molar-refractivity contribution in [2.24, 2.45) is 0 Å². The summed E-state index contributed by atoms with van der Waals surface area (Å²) in [5, 5.41) is 0. The highest BCUT2D eigenvalue weighted by atomic mass is 16.1. The second kappa shape index (κ2) is 10.0. The van der Waals surface area contributed by atoms with E-state index in [-0.39, 0.29) is 11.2 Å². The van der Waals surface area contributed by atoms with E-state index in [1.807, 2.05) is 30.3 Å². The van der Waals surface area contributed by atoms with Crippen LogP contribution in [0.15, 0.2) is 115 Å². The third-order valence-electron chi connectivity index (χ3n) is 6.70. The van der Waals surface area contributed by atoms with Gasteiger partial charge in [-0.25, -0.2) is 0 Å². The van der Waals surface area contributed by atoms with Crippen LogP contribution in [-0.4, -0.2) is 5.78 Å². The Kier molecular flexibility index (Phi) is 6.89. The van der Waals surface area contributed by atoms with Crippen LogP contribution < -0.4 is 0 Å². The molecule has 0 amide bonds. The molecule has 4 rings (SSSR count). The molecule has 0 fully saturated rings. The Hall–Kier alpha value is -3.45. The summed E-state index contributed by atoms with van der Waals surface area (Å²) in [6, 6.07) is 26.9. The zero-order valence-corrected chi connectivity index (χ0v) is 19.7. The van der Waals surface area contributed by atoms with Gasteiger partial charge in [0.25, 0.3) is 0 Å². The SMILES string of the molecule is C=C(Cc1ccc(C(C)(C)c2ccc(CC(=O)c3ccccc3)cc2)cc1)C1=CC=CCC1. The van der Waals surface area contributed by atoms with Crippen molar-refractivity contribution in [3.05, 3.63) is 143 Å². The highest BCUT2D eigenvalue weighted by molar-refractivity contribution is 5.97. The van der Waals surface area contributed by atoms with Gasteiger partial charge >= 0.3 is 0 Å². The van der Waals surface area contributed by atoms with E-state index in [4.69, 9.17) is 0 Å². The molecule has 1 aliphatic rings. The van der Waals surface area contributed by atoms with Crippen LogP contribution in [-0.2, 0) is 18.3 Å². The van der Waals surface area contributed by atoms with E-state index in [2.05, 4.69) is 87.2 Å². The minimum Gasteiger partial charge on any atom is -0.294 e. The van der Waals surface area contributed by atoms with Crippen molar-refractivity contribution in [2.45, 2.75) is 44.9 Å². The average molecular weight is 433 g/mol. The first kappa shape index (κ1) is 22.7. The van der Waals surface area contributed by atoms with Gasteiger partial charge in [-0.3, -0.25) is 4.79 Å². The fourth-order valence-electron chi connectivity index (χ4n) is 4.41. The molecule has 1 nitrogen and oxygen atoms in total. The normalized spacial score (nSPS) is 13.5. The molecule has 0 aliphatic heterocycles. The van der Waals surface area contributed by atoms with Crippen molar-refractivity contribution in [1.82, 2.24) is 0 Å². The second-order valence-electron chi connectivity index (χ2n) is 9.42. The molecule has 0 spiro atoms. The van der Waals surface area contributed by atoms with E-state index in [1.54, 1.807) is 0 Å². The van der Waals surface area contributed by atoms with Crippen molar-refractivity contribution in [3.63, 3.8) is 0 Å². The molecular formula is C32H32O. The van der Waals surface area contributed by atoms with Crippen molar-refractivity contribution in [3.8, 4) is 0 Å². The molecule has 0 radical (unpaired) electrons. The molecule has 3 aromatic carbocycles. The maximum Gasteiger partial charge on any atom is 0.167 e. The van der Waals surface area contributed by atoms with E-state index in [1.165, 1.54) is 27.8 Å². The summed E-state index contributed by atoms with van der Waals surface area (Å²) in [6.45, 7) is 8.82. The van der Waals surface area contributed by atoms with E-state index in [0.717, 1.165) is 30.4 Å². The first-order valence-electron chi connectivity index (χ1n) is 11.7. The van der Waals surface area contributed by atoms with Crippen molar-refractivity contribution in [2.75, 3.05) is 0 Å². The van der Waals surface area contributed by atoms with E-state index in [9.17, 15) is 4.79 Å². The van der Waals surface area contributed by atoms with Crippen LogP contribution in [0.3, 0.4) is 0 Å².